The summed E-state index contributed by atoms with van der Waals surface area (Å²) in [5, 5.41) is 0. The monoisotopic (exact) mass is 207 g/mol. The Labute approximate surface area is 81.3 Å². The molecule has 78 valence electrons. The molecule has 1 fully saturated rings. The Balaban J connectivity index is 2.21. The molecule has 0 aliphatic heterocycles. The van der Waals surface area contributed by atoms with E-state index in [1.54, 1.807) is 0 Å². The van der Waals surface area contributed by atoms with Crippen LogP contribution in [0.2, 0.25) is 0 Å². The van der Waals surface area contributed by atoms with Crippen LogP contribution in [-0.2, 0) is 15.5 Å². The van der Waals surface area contributed by atoms with Crippen LogP contribution in [0.4, 0.5) is 0 Å². The predicted octanol–water partition coefficient (Wildman–Crippen LogP) is 1.19. The van der Waals surface area contributed by atoms with E-state index in [0.717, 1.165) is 12.8 Å². The van der Waals surface area contributed by atoms with E-state index < -0.39 is 11.4 Å². The molecule has 1 unspecified atom stereocenters. The summed E-state index contributed by atoms with van der Waals surface area (Å²) in [6, 6.07) is 0. The maximum Gasteiger partial charge on any atom is 0.301 e. The molecule has 4 nitrogen and oxygen atoms in total. The molecule has 1 aliphatic rings. The van der Waals surface area contributed by atoms with E-state index in [0.29, 0.717) is 6.42 Å². The Kier molecular flexibility index (Phi) is 4.31. The minimum atomic E-state index is -2.14. The largest absolute Gasteiger partial charge is 0.325 e. The van der Waals surface area contributed by atoms with Gasteiger partial charge >= 0.3 is 11.4 Å². The van der Waals surface area contributed by atoms with E-state index in [9.17, 15) is 4.21 Å². The van der Waals surface area contributed by atoms with E-state index in [-0.39, 0.29) is 12.1 Å². The second-order valence-electron chi connectivity index (χ2n) is 3.71. The van der Waals surface area contributed by atoms with Gasteiger partial charge in [0.25, 0.3) is 0 Å². The van der Waals surface area contributed by atoms with Crippen LogP contribution >= 0.6 is 0 Å². The van der Waals surface area contributed by atoms with Gasteiger partial charge in [0.1, 0.15) is 0 Å². The third-order valence-corrected chi connectivity index (χ3v) is 3.00. The van der Waals surface area contributed by atoms with Gasteiger partial charge in [-0.2, -0.15) is 4.21 Å². The molecule has 0 amide bonds. The molecular weight excluding hydrogens is 190 g/mol. The van der Waals surface area contributed by atoms with Crippen molar-refractivity contribution in [2.75, 3.05) is 6.61 Å². The fourth-order valence-corrected chi connectivity index (χ4v) is 2.05. The Morgan fingerprint density at radius 3 is 2.54 bits per heavy atom. The molecule has 0 radical (unpaired) electrons. The second-order valence-corrected chi connectivity index (χ2v) is 4.38. The first-order chi connectivity index (χ1) is 6.12. The van der Waals surface area contributed by atoms with Crippen LogP contribution in [0.15, 0.2) is 0 Å². The number of hydrogen-bond acceptors (Lipinski definition) is 3. The summed E-state index contributed by atoms with van der Waals surface area (Å²) in [7, 11) is 0. The maximum absolute atomic E-state index is 10.2. The van der Waals surface area contributed by atoms with Gasteiger partial charge in [-0.1, -0.05) is 19.3 Å². The molecule has 3 N–H and O–H groups in total. The van der Waals surface area contributed by atoms with Crippen molar-refractivity contribution in [1.29, 1.82) is 0 Å². The SMILES string of the molecule is NC1(CCOS(=O)O)CCCCC1. The Morgan fingerprint density at radius 1 is 1.38 bits per heavy atom. The number of nitrogens with two attached hydrogens (primary N) is 1. The molecule has 0 aromatic rings. The third kappa shape index (κ3) is 4.17. The van der Waals surface area contributed by atoms with Crippen molar-refractivity contribution in [3.63, 3.8) is 0 Å². The van der Waals surface area contributed by atoms with E-state index in [2.05, 4.69) is 4.18 Å². The van der Waals surface area contributed by atoms with Crippen LogP contribution in [-0.4, -0.2) is 20.9 Å². The first-order valence-corrected chi connectivity index (χ1v) is 5.69. The standard InChI is InChI=1S/C8H17NO3S/c9-8(4-2-1-3-5-8)6-7-12-13(10)11/h1-7,9H2,(H,10,11). The van der Waals surface area contributed by atoms with Gasteiger partial charge in [-0.15, -0.1) is 0 Å². The van der Waals surface area contributed by atoms with E-state index >= 15 is 0 Å². The highest BCUT2D eigenvalue weighted by Gasteiger charge is 2.26. The highest BCUT2D eigenvalue weighted by molar-refractivity contribution is 7.74. The molecule has 1 saturated carbocycles. The van der Waals surface area contributed by atoms with Crippen LogP contribution in [0.1, 0.15) is 38.5 Å². The van der Waals surface area contributed by atoms with Gasteiger partial charge in [0, 0.05) is 5.54 Å². The van der Waals surface area contributed by atoms with E-state index in [1.807, 2.05) is 0 Å². The Hall–Kier alpha value is 0.0300. The van der Waals surface area contributed by atoms with Gasteiger partial charge in [0.15, 0.2) is 0 Å². The first-order valence-electron chi connectivity index (χ1n) is 4.65. The van der Waals surface area contributed by atoms with Crippen molar-refractivity contribution in [3.05, 3.63) is 0 Å². The molecule has 0 spiro atoms. The highest BCUT2D eigenvalue weighted by Crippen LogP contribution is 2.28. The second kappa shape index (κ2) is 5.05. The fourth-order valence-electron chi connectivity index (χ4n) is 1.82. The molecule has 1 aliphatic carbocycles. The first kappa shape index (κ1) is 11.1. The molecule has 1 atom stereocenters. The van der Waals surface area contributed by atoms with Gasteiger partial charge in [-0.05, 0) is 19.3 Å². The molecule has 0 saturated heterocycles. The van der Waals surface area contributed by atoms with Gasteiger partial charge in [-0.3, -0.25) is 8.74 Å². The molecule has 0 bridgehead atoms. The highest BCUT2D eigenvalue weighted by atomic mass is 32.2. The van der Waals surface area contributed by atoms with Crippen molar-refractivity contribution in [2.45, 2.75) is 44.1 Å². The summed E-state index contributed by atoms with van der Waals surface area (Å²) in [5.74, 6) is 0. The summed E-state index contributed by atoms with van der Waals surface area (Å²) in [4.78, 5) is 0. The Morgan fingerprint density at radius 2 is 2.00 bits per heavy atom. The lowest BCUT2D eigenvalue weighted by Crippen LogP contribution is -2.42. The van der Waals surface area contributed by atoms with Gasteiger partial charge in [0.05, 0.1) is 6.61 Å². The van der Waals surface area contributed by atoms with Crippen molar-refractivity contribution in [3.8, 4) is 0 Å². The van der Waals surface area contributed by atoms with Crippen LogP contribution in [0.5, 0.6) is 0 Å². The fraction of sp³-hybridized carbons (Fsp3) is 1.00. The van der Waals surface area contributed by atoms with Crippen LogP contribution in [0, 0.1) is 0 Å². The third-order valence-electron chi connectivity index (χ3n) is 2.63. The molecular formula is C8H17NO3S. The van der Waals surface area contributed by atoms with Crippen molar-refractivity contribution in [1.82, 2.24) is 0 Å². The van der Waals surface area contributed by atoms with Crippen LogP contribution in [0.25, 0.3) is 0 Å². The van der Waals surface area contributed by atoms with Crippen molar-refractivity contribution < 1.29 is 12.9 Å². The van der Waals surface area contributed by atoms with Crippen LogP contribution in [0.3, 0.4) is 0 Å². The van der Waals surface area contributed by atoms with E-state index in [1.165, 1.54) is 19.3 Å². The average molecular weight is 207 g/mol. The Bertz CT molecular complexity index is 180. The number of hydrogen-bond donors (Lipinski definition) is 2. The molecule has 0 aromatic heterocycles. The minimum Gasteiger partial charge on any atom is -0.325 e. The molecule has 0 aromatic carbocycles. The summed E-state index contributed by atoms with van der Waals surface area (Å²) < 4.78 is 23.1. The van der Waals surface area contributed by atoms with Crippen molar-refractivity contribution >= 4 is 11.4 Å². The van der Waals surface area contributed by atoms with Gasteiger partial charge in [0.2, 0.25) is 0 Å². The van der Waals surface area contributed by atoms with Crippen LogP contribution < -0.4 is 5.73 Å². The lowest BCUT2D eigenvalue weighted by atomic mass is 9.80. The quantitative estimate of drug-likeness (QED) is 0.679. The minimum absolute atomic E-state index is 0.155. The number of rotatable bonds is 4. The summed E-state index contributed by atoms with van der Waals surface area (Å²) in [6.07, 6.45) is 6.28. The molecule has 13 heavy (non-hydrogen) atoms. The average Bonchev–Trinajstić information content (AvgIpc) is 2.04. The zero-order valence-electron chi connectivity index (χ0n) is 7.70. The molecule has 0 heterocycles. The summed E-state index contributed by atoms with van der Waals surface area (Å²) in [6.45, 7) is 0.277. The van der Waals surface area contributed by atoms with Crippen molar-refractivity contribution in [2.24, 2.45) is 5.73 Å². The van der Waals surface area contributed by atoms with Gasteiger partial charge < -0.3 is 5.73 Å². The lowest BCUT2D eigenvalue weighted by molar-refractivity contribution is 0.215. The van der Waals surface area contributed by atoms with E-state index in [4.69, 9.17) is 10.3 Å². The zero-order chi connectivity index (χ0) is 9.73. The maximum atomic E-state index is 10.2. The zero-order valence-corrected chi connectivity index (χ0v) is 8.52. The smallest absolute Gasteiger partial charge is 0.301 e. The molecule has 1 rings (SSSR count). The summed E-state index contributed by atoms with van der Waals surface area (Å²) in [5.41, 5.74) is 5.93. The topological polar surface area (TPSA) is 72.5 Å². The lowest BCUT2D eigenvalue weighted by Gasteiger charge is -2.32. The summed E-state index contributed by atoms with van der Waals surface area (Å²) >= 11 is -2.14. The van der Waals surface area contributed by atoms with Gasteiger partial charge in [-0.25, -0.2) is 0 Å². The predicted molar refractivity (Wildman–Crippen MR) is 51.3 cm³/mol. The molecule has 5 heteroatoms. The normalized spacial score (nSPS) is 24.2.